The molecule has 2 aromatic heterocycles. The lowest BCUT2D eigenvalue weighted by molar-refractivity contribution is -0.119. The van der Waals surface area contributed by atoms with Crippen LogP contribution in [0.5, 0.6) is 0 Å². The third-order valence-corrected chi connectivity index (χ3v) is 5.68. The van der Waals surface area contributed by atoms with E-state index >= 15 is 0 Å². The number of nitrogens with zero attached hydrogens (tertiary/aromatic N) is 3. The Morgan fingerprint density at radius 2 is 2.29 bits per heavy atom. The Hall–Kier alpha value is -1.34. The van der Waals surface area contributed by atoms with Crippen molar-refractivity contribution in [3.63, 3.8) is 0 Å². The van der Waals surface area contributed by atoms with Gasteiger partial charge in [-0.05, 0) is 31.9 Å². The predicted molar refractivity (Wildman–Crippen MR) is 92.8 cm³/mol. The van der Waals surface area contributed by atoms with E-state index in [-0.39, 0.29) is 12.2 Å². The third-order valence-electron chi connectivity index (χ3n) is 4.85. The Balaban J connectivity index is 1.37. The first-order valence-electron chi connectivity index (χ1n) is 8.58. The number of rotatable bonds is 5. The minimum absolute atomic E-state index is 0.164. The first-order chi connectivity index (χ1) is 11.8. The van der Waals surface area contributed by atoms with E-state index in [0.717, 1.165) is 43.2 Å². The summed E-state index contributed by atoms with van der Waals surface area (Å²) < 4.78 is 12.2. The molecular formula is C18H23N3O2S. The van der Waals surface area contributed by atoms with Crippen molar-refractivity contribution in [1.82, 2.24) is 14.9 Å². The van der Waals surface area contributed by atoms with Crippen LogP contribution in [0.15, 0.2) is 29.8 Å². The average molecular weight is 345 g/mol. The van der Waals surface area contributed by atoms with Gasteiger partial charge in [-0.3, -0.25) is 9.88 Å². The number of pyridine rings is 1. The Morgan fingerprint density at radius 1 is 1.33 bits per heavy atom. The van der Waals surface area contributed by atoms with Gasteiger partial charge < -0.3 is 9.47 Å². The van der Waals surface area contributed by atoms with Crippen molar-refractivity contribution < 1.29 is 9.47 Å². The lowest BCUT2D eigenvalue weighted by atomic mass is 10.1. The molecule has 0 bridgehead atoms. The van der Waals surface area contributed by atoms with Crippen LogP contribution in [0.2, 0.25) is 0 Å². The molecule has 0 radical (unpaired) electrons. The lowest BCUT2D eigenvalue weighted by Gasteiger charge is -2.38. The summed E-state index contributed by atoms with van der Waals surface area (Å²) in [5, 5.41) is 3.31. The maximum absolute atomic E-state index is 6.13. The van der Waals surface area contributed by atoms with Crippen molar-refractivity contribution in [2.45, 2.75) is 51.2 Å². The second-order valence-electron chi connectivity index (χ2n) is 6.48. The molecule has 2 fully saturated rings. The summed E-state index contributed by atoms with van der Waals surface area (Å²) in [7, 11) is 0. The van der Waals surface area contributed by atoms with Gasteiger partial charge in [-0.1, -0.05) is 6.07 Å². The molecule has 0 N–H and O–H groups in total. The largest absolute Gasteiger partial charge is 0.373 e. The summed E-state index contributed by atoms with van der Waals surface area (Å²) >= 11 is 1.72. The van der Waals surface area contributed by atoms with Crippen LogP contribution in [-0.4, -0.2) is 46.3 Å². The van der Waals surface area contributed by atoms with Crippen LogP contribution in [0.25, 0.3) is 0 Å². The van der Waals surface area contributed by atoms with Crippen LogP contribution < -0.4 is 0 Å². The van der Waals surface area contributed by atoms with Crippen LogP contribution in [0.3, 0.4) is 0 Å². The zero-order valence-electron chi connectivity index (χ0n) is 13.9. The maximum atomic E-state index is 6.13. The molecule has 1 aliphatic carbocycles. The molecule has 128 valence electrons. The van der Waals surface area contributed by atoms with Crippen LogP contribution in [0.4, 0.5) is 0 Å². The Bertz CT molecular complexity index is 663. The highest BCUT2D eigenvalue weighted by molar-refractivity contribution is 7.09. The smallest absolute Gasteiger partial charge is 0.0992 e. The molecule has 1 aliphatic heterocycles. The predicted octanol–water partition coefficient (Wildman–Crippen LogP) is 2.80. The fourth-order valence-corrected chi connectivity index (χ4v) is 4.34. The fourth-order valence-electron chi connectivity index (χ4n) is 3.73. The zero-order chi connectivity index (χ0) is 16.4. The van der Waals surface area contributed by atoms with E-state index in [1.807, 2.05) is 24.4 Å². The molecule has 0 unspecified atom stereocenters. The molecule has 6 heteroatoms. The number of fused-ring (bicyclic) bond motifs is 1. The molecule has 2 aromatic rings. The monoisotopic (exact) mass is 345 g/mol. The Kier molecular flexibility index (Phi) is 4.89. The summed E-state index contributed by atoms with van der Waals surface area (Å²) in [6.07, 6.45) is 4.32. The fraction of sp³-hybridized carbons (Fsp3) is 0.556. The Labute approximate surface area is 146 Å². The highest BCUT2D eigenvalue weighted by Crippen LogP contribution is 2.33. The standard InChI is InChI=1S/C18H23N3O2S/c1-13-20-15(12-24-13)10-21-8-9-22-18-16(21)5-6-17(18)23-11-14-4-2-3-7-19-14/h2-4,7,12,16-18H,5-6,8-11H2,1H3/t16-,17-,18+/m0/s1. The SMILES string of the molecule is Cc1nc(CN2CCO[C@H]3[C@@H](OCc4ccccn4)CC[C@@H]32)cs1. The van der Waals surface area contributed by atoms with Crippen molar-refractivity contribution in [2.75, 3.05) is 13.2 Å². The molecule has 24 heavy (non-hydrogen) atoms. The molecule has 2 aliphatic rings. The van der Waals surface area contributed by atoms with Crippen molar-refractivity contribution in [3.05, 3.63) is 46.2 Å². The molecule has 1 saturated carbocycles. The van der Waals surface area contributed by atoms with Gasteiger partial charge in [-0.2, -0.15) is 0 Å². The normalized spacial score (nSPS) is 27.3. The quantitative estimate of drug-likeness (QED) is 0.834. The summed E-state index contributed by atoms with van der Waals surface area (Å²) in [6, 6.07) is 6.37. The molecule has 0 aromatic carbocycles. The molecule has 5 nitrogen and oxygen atoms in total. The van der Waals surface area contributed by atoms with E-state index in [9.17, 15) is 0 Å². The van der Waals surface area contributed by atoms with Gasteiger partial charge in [0.15, 0.2) is 0 Å². The maximum Gasteiger partial charge on any atom is 0.0992 e. The number of morpholine rings is 1. The second-order valence-corrected chi connectivity index (χ2v) is 7.54. The van der Waals surface area contributed by atoms with Crippen molar-refractivity contribution >= 4 is 11.3 Å². The summed E-state index contributed by atoms with van der Waals surface area (Å²) in [5.41, 5.74) is 2.16. The summed E-state index contributed by atoms with van der Waals surface area (Å²) in [4.78, 5) is 11.5. The number of aryl methyl sites for hydroxylation is 1. The highest BCUT2D eigenvalue weighted by Gasteiger charge is 2.43. The molecule has 0 spiro atoms. The summed E-state index contributed by atoms with van der Waals surface area (Å²) in [6.45, 7) is 5.29. The third kappa shape index (κ3) is 3.52. The first-order valence-corrected chi connectivity index (χ1v) is 9.46. The lowest BCUT2D eigenvalue weighted by Crippen LogP contribution is -2.51. The van der Waals surface area contributed by atoms with Gasteiger partial charge in [0.2, 0.25) is 0 Å². The molecule has 4 rings (SSSR count). The number of ether oxygens (including phenoxy) is 2. The summed E-state index contributed by atoms with van der Waals surface area (Å²) in [5.74, 6) is 0. The van der Waals surface area contributed by atoms with E-state index in [4.69, 9.17) is 9.47 Å². The van der Waals surface area contributed by atoms with Crippen LogP contribution >= 0.6 is 11.3 Å². The van der Waals surface area contributed by atoms with Crippen LogP contribution in [0, 0.1) is 6.92 Å². The van der Waals surface area contributed by atoms with Gasteiger partial charge in [0.25, 0.3) is 0 Å². The van der Waals surface area contributed by atoms with Gasteiger partial charge >= 0.3 is 0 Å². The minimum Gasteiger partial charge on any atom is -0.373 e. The zero-order valence-corrected chi connectivity index (χ0v) is 14.7. The molecule has 0 amide bonds. The van der Waals surface area contributed by atoms with Crippen molar-refractivity contribution in [1.29, 1.82) is 0 Å². The van der Waals surface area contributed by atoms with E-state index in [0.29, 0.717) is 12.6 Å². The number of aromatic nitrogens is 2. The van der Waals surface area contributed by atoms with Crippen LogP contribution in [0.1, 0.15) is 29.2 Å². The molecule has 1 saturated heterocycles. The molecule has 3 heterocycles. The number of hydrogen-bond acceptors (Lipinski definition) is 6. The van der Waals surface area contributed by atoms with Crippen LogP contribution in [-0.2, 0) is 22.6 Å². The molecule has 3 atom stereocenters. The highest BCUT2D eigenvalue weighted by atomic mass is 32.1. The van der Waals surface area contributed by atoms with Gasteiger partial charge in [-0.15, -0.1) is 11.3 Å². The first kappa shape index (κ1) is 16.1. The van der Waals surface area contributed by atoms with Gasteiger partial charge in [0, 0.05) is 30.7 Å². The number of thiazole rings is 1. The Morgan fingerprint density at radius 3 is 3.08 bits per heavy atom. The number of hydrogen-bond donors (Lipinski definition) is 0. The van der Waals surface area contributed by atoms with E-state index in [2.05, 4.69) is 27.2 Å². The topological polar surface area (TPSA) is 47.5 Å². The van der Waals surface area contributed by atoms with E-state index < -0.39 is 0 Å². The minimum atomic E-state index is 0.164. The van der Waals surface area contributed by atoms with Gasteiger partial charge in [0.1, 0.15) is 0 Å². The molecular weight excluding hydrogens is 322 g/mol. The van der Waals surface area contributed by atoms with E-state index in [1.165, 1.54) is 5.69 Å². The average Bonchev–Trinajstić information content (AvgIpc) is 3.21. The second kappa shape index (κ2) is 7.27. The van der Waals surface area contributed by atoms with Crippen molar-refractivity contribution in [2.24, 2.45) is 0 Å². The van der Waals surface area contributed by atoms with Gasteiger partial charge in [-0.25, -0.2) is 4.98 Å². The van der Waals surface area contributed by atoms with E-state index in [1.54, 1.807) is 11.3 Å². The van der Waals surface area contributed by atoms with Gasteiger partial charge in [0.05, 0.1) is 41.8 Å². The van der Waals surface area contributed by atoms with Crippen molar-refractivity contribution in [3.8, 4) is 0 Å².